The maximum absolute atomic E-state index is 5.70. The van der Waals surface area contributed by atoms with Crippen molar-refractivity contribution in [3.8, 4) is 5.88 Å². The Balaban J connectivity index is 1.91. The van der Waals surface area contributed by atoms with Crippen LogP contribution in [-0.2, 0) is 0 Å². The number of rotatable bonds is 5. The summed E-state index contributed by atoms with van der Waals surface area (Å²) in [6.07, 6.45) is 1.22. The molecule has 5 nitrogen and oxygen atoms in total. The lowest BCUT2D eigenvalue weighted by Gasteiger charge is -2.23. The monoisotopic (exact) mass is 286 g/mol. The van der Waals surface area contributed by atoms with E-state index >= 15 is 0 Å². The quantitative estimate of drug-likeness (QED) is 0.912. The van der Waals surface area contributed by atoms with E-state index in [1.807, 2.05) is 31.2 Å². The molecule has 1 fully saturated rings. The Morgan fingerprint density at radius 1 is 1.29 bits per heavy atom. The fourth-order valence-electron chi connectivity index (χ4n) is 2.80. The zero-order chi connectivity index (χ0) is 14.7. The van der Waals surface area contributed by atoms with Gasteiger partial charge in [-0.25, -0.2) is 9.97 Å². The highest BCUT2D eigenvalue weighted by Gasteiger charge is 2.20. The Morgan fingerprint density at radius 3 is 2.71 bits per heavy atom. The SMILES string of the molecule is CCOc1nc2ccccc2nc1N(C)C[C@H]1CCNC1. The number of anilines is 1. The predicted molar refractivity (Wildman–Crippen MR) is 85.0 cm³/mol. The van der Waals surface area contributed by atoms with Crippen molar-refractivity contribution >= 4 is 16.9 Å². The third-order valence-corrected chi connectivity index (χ3v) is 3.86. The van der Waals surface area contributed by atoms with Gasteiger partial charge in [0, 0.05) is 13.6 Å². The molecule has 1 atom stereocenters. The van der Waals surface area contributed by atoms with E-state index in [4.69, 9.17) is 9.72 Å². The van der Waals surface area contributed by atoms with Crippen LogP contribution < -0.4 is 15.0 Å². The number of hydrogen-bond acceptors (Lipinski definition) is 5. The van der Waals surface area contributed by atoms with Gasteiger partial charge in [0.1, 0.15) is 0 Å². The van der Waals surface area contributed by atoms with E-state index in [0.29, 0.717) is 18.4 Å². The molecule has 5 heteroatoms. The fraction of sp³-hybridized carbons (Fsp3) is 0.500. The number of hydrogen-bond donors (Lipinski definition) is 1. The van der Waals surface area contributed by atoms with Gasteiger partial charge in [-0.3, -0.25) is 0 Å². The van der Waals surface area contributed by atoms with E-state index in [1.54, 1.807) is 0 Å². The summed E-state index contributed by atoms with van der Waals surface area (Å²) in [6, 6.07) is 7.92. The van der Waals surface area contributed by atoms with Crippen molar-refractivity contribution in [1.82, 2.24) is 15.3 Å². The molecule has 2 heterocycles. The van der Waals surface area contributed by atoms with E-state index < -0.39 is 0 Å². The molecule has 3 rings (SSSR count). The molecule has 1 aromatic heterocycles. The second-order valence-corrected chi connectivity index (χ2v) is 5.51. The van der Waals surface area contributed by atoms with Crippen LogP contribution in [-0.4, -0.2) is 43.3 Å². The van der Waals surface area contributed by atoms with Crippen molar-refractivity contribution in [2.24, 2.45) is 5.92 Å². The van der Waals surface area contributed by atoms with Crippen LogP contribution in [0.3, 0.4) is 0 Å². The van der Waals surface area contributed by atoms with Crippen molar-refractivity contribution < 1.29 is 4.74 Å². The lowest BCUT2D eigenvalue weighted by molar-refractivity contribution is 0.327. The summed E-state index contributed by atoms with van der Waals surface area (Å²) in [7, 11) is 2.07. The van der Waals surface area contributed by atoms with Crippen LogP contribution >= 0.6 is 0 Å². The van der Waals surface area contributed by atoms with Crippen LogP contribution in [0.4, 0.5) is 5.82 Å². The lowest BCUT2D eigenvalue weighted by Crippen LogP contribution is -2.28. The molecule has 1 aromatic carbocycles. The molecule has 0 saturated carbocycles. The van der Waals surface area contributed by atoms with Gasteiger partial charge in [0.2, 0.25) is 0 Å². The van der Waals surface area contributed by atoms with Crippen molar-refractivity contribution in [3.63, 3.8) is 0 Å². The zero-order valence-electron chi connectivity index (χ0n) is 12.7. The molecular weight excluding hydrogens is 264 g/mol. The van der Waals surface area contributed by atoms with E-state index in [-0.39, 0.29) is 0 Å². The molecule has 0 aliphatic carbocycles. The maximum atomic E-state index is 5.70. The van der Waals surface area contributed by atoms with Crippen molar-refractivity contribution in [2.45, 2.75) is 13.3 Å². The third kappa shape index (κ3) is 3.08. The first kappa shape index (κ1) is 14.1. The molecule has 0 spiro atoms. The van der Waals surface area contributed by atoms with Crippen LogP contribution in [0.5, 0.6) is 5.88 Å². The molecule has 1 aliphatic heterocycles. The lowest BCUT2D eigenvalue weighted by atomic mass is 10.1. The summed E-state index contributed by atoms with van der Waals surface area (Å²) in [4.78, 5) is 11.5. The number of para-hydroxylation sites is 2. The first-order valence-corrected chi connectivity index (χ1v) is 7.59. The number of aromatic nitrogens is 2. The van der Waals surface area contributed by atoms with Gasteiger partial charge in [-0.05, 0) is 44.5 Å². The second-order valence-electron chi connectivity index (χ2n) is 5.51. The van der Waals surface area contributed by atoms with Crippen LogP contribution in [0.2, 0.25) is 0 Å². The molecule has 1 N–H and O–H groups in total. The molecule has 0 radical (unpaired) electrons. The minimum absolute atomic E-state index is 0.596. The molecule has 21 heavy (non-hydrogen) atoms. The number of fused-ring (bicyclic) bond motifs is 1. The normalized spacial score (nSPS) is 18.1. The van der Waals surface area contributed by atoms with Crippen LogP contribution in [0.25, 0.3) is 11.0 Å². The van der Waals surface area contributed by atoms with Crippen molar-refractivity contribution in [3.05, 3.63) is 24.3 Å². The van der Waals surface area contributed by atoms with Gasteiger partial charge < -0.3 is 15.0 Å². The highest BCUT2D eigenvalue weighted by molar-refractivity contribution is 5.77. The molecular formula is C16H22N4O. The van der Waals surface area contributed by atoms with Crippen LogP contribution in [0, 0.1) is 5.92 Å². The van der Waals surface area contributed by atoms with Gasteiger partial charge in [-0.15, -0.1) is 0 Å². The highest BCUT2D eigenvalue weighted by Crippen LogP contribution is 2.27. The molecule has 0 bridgehead atoms. The Morgan fingerprint density at radius 2 is 2.05 bits per heavy atom. The number of ether oxygens (including phenoxy) is 1. The van der Waals surface area contributed by atoms with E-state index in [0.717, 1.165) is 36.5 Å². The summed E-state index contributed by atoms with van der Waals surface area (Å²) < 4.78 is 5.70. The molecule has 1 aliphatic rings. The highest BCUT2D eigenvalue weighted by atomic mass is 16.5. The van der Waals surface area contributed by atoms with E-state index in [9.17, 15) is 0 Å². The minimum Gasteiger partial charge on any atom is -0.475 e. The first-order valence-electron chi connectivity index (χ1n) is 7.59. The van der Waals surface area contributed by atoms with Gasteiger partial charge in [0.25, 0.3) is 5.88 Å². The summed E-state index contributed by atoms with van der Waals surface area (Å²) >= 11 is 0. The standard InChI is InChI=1S/C16H22N4O/c1-3-21-16-15(20(2)11-12-8-9-17-10-12)18-13-6-4-5-7-14(13)19-16/h4-7,12,17H,3,8-11H2,1-2H3/t12-/m0/s1. The summed E-state index contributed by atoms with van der Waals surface area (Å²) in [5, 5.41) is 3.40. The molecule has 0 unspecified atom stereocenters. The fourth-order valence-corrected chi connectivity index (χ4v) is 2.80. The molecule has 1 saturated heterocycles. The number of nitrogens with zero attached hydrogens (tertiary/aromatic N) is 3. The Bertz CT molecular complexity index is 610. The van der Waals surface area contributed by atoms with Crippen LogP contribution in [0.1, 0.15) is 13.3 Å². The topological polar surface area (TPSA) is 50.3 Å². The number of nitrogens with one attached hydrogen (secondary N) is 1. The average molecular weight is 286 g/mol. The van der Waals surface area contributed by atoms with E-state index in [2.05, 4.69) is 22.2 Å². The Hall–Kier alpha value is -1.88. The zero-order valence-corrected chi connectivity index (χ0v) is 12.7. The van der Waals surface area contributed by atoms with Gasteiger partial charge in [0.05, 0.1) is 17.6 Å². The Kier molecular flexibility index (Phi) is 4.20. The first-order chi connectivity index (χ1) is 10.3. The van der Waals surface area contributed by atoms with Crippen molar-refractivity contribution in [1.29, 1.82) is 0 Å². The van der Waals surface area contributed by atoms with Gasteiger partial charge in [0.15, 0.2) is 5.82 Å². The van der Waals surface area contributed by atoms with Crippen molar-refractivity contribution in [2.75, 3.05) is 38.2 Å². The largest absolute Gasteiger partial charge is 0.475 e. The van der Waals surface area contributed by atoms with Gasteiger partial charge in [-0.2, -0.15) is 0 Å². The Labute approximate surface area is 125 Å². The van der Waals surface area contributed by atoms with Gasteiger partial charge in [-0.1, -0.05) is 12.1 Å². The molecule has 2 aromatic rings. The average Bonchev–Trinajstić information content (AvgIpc) is 2.99. The van der Waals surface area contributed by atoms with Crippen LogP contribution in [0.15, 0.2) is 24.3 Å². The summed E-state index contributed by atoms with van der Waals surface area (Å²) in [5.41, 5.74) is 1.79. The second kappa shape index (κ2) is 6.26. The minimum atomic E-state index is 0.596. The molecule has 112 valence electrons. The van der Waals surface area contributed by atoms with Gasteiger partial charge >= 0.3 is 0 Å². The summed E-state index contributed by atoms with van der Waals surface area (Å²) in [5.74, 6) is 2.13. The smallest absolute Gasteiger partial charge is 0.258 e. The summed E-state index contributed by atoms with van der Waals surface area (Å²) in [6.45, 7) is 5.73. The maximum Gasteiger partial charge on any atom is 0.258 e. The number of benzene rings is 1. The van der Waals surface area contributed by atoms with E-state index in [1.165, 1.54) is 6.42 Å². The molecule has 0 amide bonds. The third-order valence-electron chi connectivity index (χ3n) is 3.86. The predicted octanol–water partition coefficient (Wildman–Crippen LogP) is 2.07.